The number of carbonyl (C=O) groups excluding carboxylic acids is 2. The number of carbonyl (C=O) groups is 2. The summed E-state index contributed by atoms with van der Waals surface area (Å²) in [6, 6.07) is 18.1. The van der Waals surface area contributed by atoms with Gasteiger partial charge in [-0.15, -0.1) is 0 Å². The predicted octanol–water partition coefficient (Wildman–Crippen LogP) is 3.41. The van der Waals surface area contributed by atoms with E-state index in [1.165, 1.54) is 0 Å². The van der Waals surface area contributed by atoms with Crippen molar-refractivity contribution in [3.63, 3.8) is 0 Å². The number of Topliss-reactive ketones (excluding diaryl/α,β-unsaturated/α-hetero) is 1. The second-order valence-corrected chi connectivity index (χ2v) is 7.01. The summed E-state index contributed by atoms with van der Waals surface area (Å²) in [5.74, 6) is -1.17. The molecule has 2 aromatic rings. The van der Waals surface area contributed by atoms with Gasteiger partial charge in [0.25, 0.3) is 5.78 Å². The van der Waals surface area contributed by atoms with E-state index in [0.29, 0.717) is 18.5 Å². The molecule has 1 amide bonds. The molecule has 0 spiro atoms. The third-order valence-electron chi connectivity index (χ3n) is 4.08. The third-order valence-corrected chi connectivity index (χ3v) is 4.08. The van der Waals surface area contributed by atoms with Crippen LogP contribution in [0.25, 0.3) is 5.53 Å². The first-order valence-electron chi connectivity index (χ1n) is 8.52. The molecule has 0 N–H and O–H groups in total. The molecule has 0 aliphatic rings. The lowest BCUT2D eigenvalue weighted by Crippen LogP contribution is -2.51. The van der Waals surface area contributed by atoms with Gasteiger partial charge in [0, 0.05) is 17.6 Å². The van der Waals surface area contributed by atoms with E-state index >= 15 is 0 Å². The highest BCUT2D eigenvalue weighted by Gasteiger charge is 2.38. The van der Waals surface area contributed by atoms with Crippen LogP contribution in [-0.2, 0) is 11.2 Å². The summed E-state index contributed by atoms with van der Waals surface area (Å²) in [5, 5.41) is 0. The Kier molecular flexibility index (Phi) is 6.21. The quantitative estimate of drug-likeness (QED) is 0.263. The maximum Gasteiger partial charge on any atom is 0.426 e. The van der Waals surface area contributed by atoms with Gasteiger partial charge in [0.15, 0.2) is 0 Å². The Morgan fingerprint density at radius 2 is 1.50 bits per heavy atom. The number of hydrogen-bond donors (Lipinski definition) is 0. The van der Waals surface area contributed by atoms with Gasteiger partial charge >= 0.3 is 11.6 Å². The van der Waals surface area contributed by atoms with Crippen molar-refractivity contribution in [1.29, 1.82) is 0 Å². The van der Waals surface area contributed by atoms with Crippen LogP contribution in [0.3, 0.4) is 0 Å². The van der Waals surface area contributed by atoms with Crippen LogP contribution in [0, 0.1) is 0 Å². The Bertz CT molecular complexity index is 817. The van der Waals surface area contributed by atoms with Crippen molar-refractivity contribution < 1.29 is 14.4 Å². The number of benzene rings is 2. The molecule has 0 aliphatic carbocycles. The van der Waals surface area contributed by atoms with E-state index in [1.54, 1.807) is 35.2 Å². The molecule has 0 radical (unpaired) electrons. The Hall–Kier alpha value is -3.04. The van der Waals surface area contributed by atoms with Crippen LogP contribution in [0.5, 0.6) is 0 Å². The molecular formula is C21H23N3O2. The SMILES string of the molecule is CC(C)(C)N(CCc1ccccc1)C(=O)C(=[N+]=[N-])C(=O)c1ccccc1. The zero-order valence-electron chi connectivity index (χ0n) is 15.3. The average molecular weight is 349 g/mol. The molecule has 2 aromatic carbocycles. The van der Waals surface area contributed by atoms with Gasteiger partial charge in [-0.05, 0) is 32.8 Å². The van der Waals surface area contributed by atoms with Crippen molar-refractivity contribution in [2.75, 3.05) is 6.54 Å². The highest BCUT2D eigenvalue weighted by molar-refractivity contribution is 6.66. The maximum absolute atomic E-state index is 13.0. The molecule has 0 saturated carbocycles. The lowest BCUT2D eigenvalue weighted by atomic mass is 10.0. The van der Waals surface area contributed by atoms with Gasteiger partial charge < -0.3 is 10.4 Å². The second kappa shape index (κ2) is 8.37. The monoisotopic (exact) mass is 349 g/mol. The molecule has 0 aliphatic heterocycles. The highest BCUT2D eigenvalue weighted by Crippen LogP contribution is 2.16. The number of nitrogens with zero attached hydrogens (tertiary/aromatic N) is 3. The first-order chi connectivity index (χ1) is 12.3. The molecule has 5 heteroatoms. The largest absolute Gasteiger partial charge is 0.426 e. The van der Waals surface area contributed by atoms with Crippen molar-refractivity contribution in [3.05, 3.63) is 77.3 Å². The Morgan fingerprint density at radius 1 is 0.962 bits per heavy atom. The van der Waals surface area contributed by atoms with Crippen LogP contribution < -0.4 is 0 Å². The molecular weight excluding hydrogens is 326 g/mol. The molecule has 0 saturated heterocycles. The van der Waals surface area contributed by atoms with Gasteiger partial charge in [0.05, 0.1) is 0 Å². The van der Waals surface area contributed by atoms with E-state index in [4.69, 9.17) is 0 Å². The zero-order chi connectivity index (χ0) is 19.2. The lowest BCUT2D eigenvalue weighted by Gasteiger charge is -2.34. The van der Waals surface area contributed by atoms with E-state index in [9.17, 15) is 15.1 Å². The van der Waals surface area contributed by atoms with Crippen LogP contribution in [0.1, 0.15) is 36.7 Å². The van der Waals surface area contributed by atoms with E-state index in [1.807, 2.05) is 51.1 Å². The van der Waals surface area contributed by atoms with Gasteiger partial charge in [0.1, 0.15) is 0 Å². The number of hydrogen-bond acceptors (Lipinski definition) is 2. The molecule has 0 heterocycles. The van der Waals surface area contributed by atoms with Crippen LogP contribution in [0.4, 0.5) is 0 Å². The Balaban J connectivity index is 2.24. The van der Waals surface area contributed by atoms with Gasteiger partial charge in [-0.25, -0.2) is 0 Å². The van der Waals surface area contributed by atoms with Crippen LogP contribution in [-0.4, -0.2) is 39.2 Å². The molecule has 0 bridgehead atoms. The summed E-state index contributed by atoms with van der Waals surface area (Å²) in [7, 11) is 0. The Labute approximate surface area is 153 Å². The molecule has 0 fully saturated rings. The summed E-state index contributed by atoms with van der Waals surface area (Å²) in [6.07, 6.45) is 0.641. The normalized spacial score (nSPS) is 10.7. The minimum absolute atomic E-state index is 0.311. The first-order valence-corrected chi connectivity index (χ1v) is 8.52. The number of amides is 1. The van der Waals surface area contributed by atoms with E-state index in [2.05, 4.69) is 4.79 Å². The van der Waals surface area contributed by atoms with Crippen LogP contribution in [0.2, 0.25) is 0 Å². The van der Waals surface area contributed by atoms with Crippen molar-refractivity contribution in [2.45, 2.75) is 32.7 Å². The molecule has 5 nitrogen and oxygen atoms in total. The number of ketones is 1. The topological polar surface area (TPSA) is 73.8 Å². The second-order valence-electron chi connectivity index (χ2n) is 7.01. The molecule has 0 unspecified atom stereocenters. The third kappa shape index (κ3) is 4.74. The standard InChI is InChI=1S/C21H23N3O2/c1-21(2,3)24(15-14-16-10-6-4-7-11-16)20(26)18(23-22)19(25)17-12-8-5-9-13-17/h4-13H,14-15H2,1-3H3. The molecule has 2 rings (SSSR count). The van der Waals surface area contributed by atoms with E-state index in [-0.39, 0.29) is 0 Å². The number of rotatable bonds is 6. The minimum Gasteiger partial charge on any atom is -0.360 e. The summed E-state index contributed by atoms with van der Waals surface area (Å²) in [5.41, 5.74) is 9.75. The summed E-state index contributed by atoms with van der Waals surface area (Å²) in [6.45, 7) is 6.07. The van der Waals surface area contributed by atoms with Crippen molar-refractivity contribution >= 4 is 17.4 Å². The first kappa shape index (κ1) is 19.3. The zero-order valence-corrected chi connectivity index (χ0v) is 15.3. The minimum atomic E-state index is -0.591. The summed E-state index contributed by atoms with van der Waals surface area (Å²) in [4.78, 5) is 30.2. The molecule has 0 aromatic heterocycles. The van der Waals surface area contributed by atoms with Gasteiger partial charge in [-0.1, -0.05) is 60.7 Å². The average Bonchev–Trinajstić information content (AvgIpc) is 2.63. The molecule has 26 heavy (non-hydrogen) atoms. The predicted molar refractivity (Wildman–Crippen MR) is 101 cm³/mol. The maximum atomic E-state index is 13.0. The van der Waals surface area contributed by atoms with E-state index in [0.717, 1.165) is 5.56 Å². The fourth-order valence-electron chi connectivity index (χ4n) is 2.67. The fraction of sp³-hybridized carbons (Fsp3) is 0.286. The van der Waals surface area contributed by atoms with Crippen LogP contribution in [0.15, 0.2) is 60.7 Å². The van der Waals surface area contributed by atoms with Gasteiger partial charge in [0.2, 0.25) is 0 Å². The van der Waals surface area contributed by atoms with Crippen molar-refractivity contribution in [3.8, 4) is 0 Å². The fourth-order valence-corrected chi connectivity index (χ4v) is 2.67. The van der Waals surface area contributed by atoms with Crippen molar-refractivity contribution in [2.24, 2.45) is 0 Å². The van der Waals surface area contributed by atoms with Crippen LogP contribution >= 0.6 is 0 Å². The highest BCUT2D eigenvalue weighted by atomic mass is 16.2. The molecule has 0 atom stereocenters. The smallest absolute Gasteiger partial charge is 0.360 e. The Morgan fingerprint density at radius 3 is 2.00 bits per heavy atom. The lowest BCUT2D eigenvalue weighted by molar-refractivity contribution is -0.132. The van der Waals surface area contributed by atoms with E-state index < -0.39 is 22.9 Å². The van der Waals surface area contributed by atoms with Crippen molar-refractivity contribution in [1.82, 2.24) is 4.90 Å². The van der Waals surface area contributed by atoms with Gasteiger partial charge in [-0.2, -0.15) is 4.79 Å². The van der Waals surface area contributed by atoms with Gasteiger partial charge in [-0.3, -0.25) is 9.59 Å². The summed E-state index contributed by atoms with van der Waals surface area (Å²) >= 11 is 0. The summed E-state index contributed by atoms with van der Waals surface area (Å²) < 4.78 is 0. The molecule has 134 valence electrons.